The van der Waals surface area contributed by atoms with E-state index in [2.05, 4.69) is 14.9 Å². The van der Waals surface area contributed by atoms with Gasteiger partial charge in [0.1, 0.15) is 6.04 Å². The fourth-order valence-corrected chi connectivity index (χ4v) is 2.03. The van der Waals surface area contributed by atoms with Crippen LogP contribution >= 0.6 is 0 Å². The molecule has 1 aromatic heterocycles. The molecule has 3 N–H and O–H groups in total. The zero-order valence-corrected chi connectivity index (χ0v) is 9.19. The molecule has 0 aliphatic heterocycles. The standard InChI is InChI=1S/C7H11N3O5S/c1-15-7(12)5(4-11)10-16(13,14)6-2-3-8-9-6/h2-3,5,10-11H,4H2,1H3,(H,8,9). The number of rotatable bonds is 5. The summed E-state index contributed by atoms with van der Waals surface area (Å²) >= 11 is 0. The Morgan fingerprint density at radius 2 is 2.44 bits per heavy atom. The predicted octanol–water partition coefficient (Wildman–Crippen LogP) is -1.78. The second-order valence-corrected chi connectivity index (χ2v) is 4.48. The Labute approximate surface area is 91.7 Å². The summed E-state index contributed by atoms with van der Waals surface area (Å²) in [5, 5.41) is 14.3. The minimum atomic E-state index is -3.91. The van der Waals surface area contributed by atoms with Gasteiger partial charge in [-0.1, -0.05) is 0 Å². The van der Waals surface area contributed by atoms with E-state index in [1.54, 1.807) is 0 Å². The van der Waals surface area contributed by atoms with Crippen molar-refractivity contribution in [1.82, 2.24) is 14.9 Å². The summed E-state index contributed by atoms with van der Waals surface area (Å²) in [5.41, 5.74) is 0. The molecule has 16 heavy (non-hydrogen) atoms. The van der Waals surface area contributed by atoms with Gasteiger partial charge in [-0.15, -0.1) is 0 Å². The molecule has 0 radical (unpaired) electrons. The van der Waals surface area contributed by atoms with Gasteiger partial charge in [-0.3, -0.25) is 9.89 Å². The number of sulfonamides is 1. The molecular formula is C7H11N3O5S. The number of H-pyrrole nitrogens is 1. The summed E-state index contributed by atoms with van der Waals surface area (Å²) in [7, 11) is -2.82. The number of aliphatic hydroxyl groups excluding tert-OH is 1. The topological polar surface area (TPSA) is 121 Å². The third-order valence-corrected chi connectivity index (χ3v) is 3.13. The van der Waals surface area contributed by atoms with Crippen molar-refractivity contribution in [2.24, 2.45) is 0 Å². The summed E-state index contributed by atoms with van der Waals surface area (Å²) in [6, 6.07) is -0.119. The maximum Gasteiger partial charge on any atom is 0.326 e. The second kappa shape index (κ2) is 5.05. The molecule has 1 heterocycles. The molecule has 1 unspecified atom stereocenters. The highest BCUT2D eigenvalue weighted by molar-refractivity contribution is 7.89. The number of hydrogen-bond acceptors (Lipinski definition) is 6. The van der Waals surface area contributed by atoms with E-state index in [0.29, 0.717) is 0 Å². The molecule has 9 heteroatoms. The molecule has 0 saturated heterocycles. The SMILES string of the molecule is COC(=O)C(CO)NS(=O)(=O)c1ccn[nH]1. The maximum atomic E-state index is 11.6. The summed E-state index contributed by atoms with van der Waals surface area (Å²) in [5.74, 6) is -0.870. The summed E-state index contributed by atoms with van der Waals surface area (Å²) in [6.07, 6.45) is 1.25. The number of hydrogen-bond donors (Lipinski definition) is 3. The van der Waals surface area contributed by atoms with Crippen molar-refractivity contribution >= 4 is 16.0 Å². The highest BCUT2D eigenvalue weighted by Gasteiger charge is 2.26. The zero-order chi connectivity index (χ0) is 12.2. The van der Waals surface area contributed by atoms with Gasteiger partial charge in [-0.2, -0.15) is 9.82 Å². The van der Waals surface area contributed by atoms with E-state index < -0.39 is 28.6 Å². The normalized spacial score (nSPS) is 13.4. The highest BCUT2D eigenvalue weighted by Crippen LogP contribution is 2.03. The van der Waals surface area contributed by atoms with Crippen LogP contribution in [0.5, 0.6) is 0 Å². The summed E-state index contributed by atoms with van der Waals surface area (Å²) in [6.45, 7) is -0.694. The van der Waals surface area contributed by atoms with Crippen LogP contribution in [0.1, 0.15) is 0 Å². The quantitative estimate of drug-likeness (QED) is 0.530. The molecular weight excluding hydrogens is 238 g/mol. The monoisotopic (exact) mass is 249 g/mol. The second-order valence-electron chi connectivity index (χ2n) is 2.80. The van der Waals surface area contributed by atoms with Gasteiger partial charge in [0.05, 0.1) is 19.9 Å². The van der Waals surface area contributed by atoms with Crippen molar-refractivity contribution < 1.29 is 23.1 Å². The van der Waals surface area contributed by atoms with Crippen molar-refractivity contribution in [2.75, 3.05) is 13.7 Å². The molecule has 1 aromatic rings. The number of methoxy groups -OCH3 is 1. The average molecular weight is 249 g/mol. The predicted molar refractivity (Wildman–Crippen MR) is 51.8 cm³/mol. The fraction of sp³-hybridized carbons (Fsp3) is 0.429. The van der Waals surface area contributed by atoms with E-state index in [1.807, 2.05) is 4.72 Å². The minimum Gasteiger partial charge on any atom is -0.468 e. The van der Waals surface area contributed by atoms with Gasteiger partial charge < -0.3 is 9.84 Å². The third kappa shape index (κ3) is 2.78. The van der Waals surface area contributed by atoms with Crippen molar-refractivity contribution in [1.29, 1.82) is 0 Å². The molecule has 0 spiro atoms. The van der Waals surface area contributed by atoms with Crippen LogP contribution in [0.4, 0.5) is 0 Å². The summed E-state index contributed by atoms with van der Waals surface area (Å²) in [4.78, 5) is 11.1. The first-order chi connectivity index (χ1) is 7.51. The molecule has 90 valence electrons. The summed E-state index contributed by atoms with van der Waals surface area (Å²) < 4.78 is 29.5. The van der Waals surface area contributed by atoms with Crippen LogP contribution in [0.15, 0.2) is 17.3 Å². The van der Waals surface area contributed by atoms with E-state index in [9.17, 15) is 13.2 Å². The molecule has 0 bridgehead atoms. The van der Waals surface area contributed by atoms with Crippen molar-refractivity contribution in [3.63, 3.8) is 0 Å². The first kappa shape index (κ1) is 12.6. The molecule has 0 aromatic carbocycles. The zero-order valence-electron chi connectivity index (χ0n) is 8.37. The Kier molecular flexibility index (Phi) is 3.99. The van der Waals surface area contributed by atoms with Gasteiger partial charge in [-0.05, 0) is 6.07 Å². The van der Waals surface area contributed by atoms with Crippen molar-refractivity contribution in [2.45, 2.75) is 11.1 Å². The number of aromatic nitrogens is 2. The lowest BCUT2D eigenvalue weighted by molar-refractivity contribution is -0.143. The average Bonchev–Trinajstić information content (AvgIpc) is 2.78. The Morgan fingerprint density at radius 1 is 1.75 bits per heavy atom. The lowest BCUT2D eigenvalue weighted by atomic mass is 10.3. The van der Waals surface area contributed by atoms with Gasteiger partial charge >= 0.3 is 5.97 Å². The number of nitrogens with one attached hydrogen (secondary N) is 2. The molecule has 8 nitrogen and oxygen atoms in total. The van der Waals surface area contributed by atoms with Crippen LogP contribution in [0.25, 0.3) is 0 Å². The number of esters is 1. The molecule has 0 amide bonds. The van der Waals surface area contributed by atoms with Crippen LogP contribution in [0, 0.1) is 0 Å². The van der Waals surface area contributed by atoms with Gasteiger partial charge in [-0.25, -0.2) is 8.42 Å². The lowest BCUT2D eigenvalue weighted by Gasteiger charge is -2.12. The Balaban J connectivity index is 2.84. The lowest BCUT2D eigenvalue weighted by Crippen LogP contribution is -2.44. The fourth-order valence-electron chi connectivity index (χ4n) is 0.946. The highest BCUT2D eigenvalue weighted by atomic mass is 32.2. The molecule has 0 saturated carbocycles. The van der Waals surface area contributed by atoms with E-state index in [1.165, 1.54) is 12.3 Å². The first-order valence-corrected chi connectivity index (χ1v) is 5.70. The van der Waals surface area contributed by atoms with E-state index in [0.717, 1.165) is 7.11 Å². The van der Waals surface area contributed by atoms with Crippen LogP contribution in [-0.4, -0.2) is 49.4 Å². The van der Waals surface area contributed by atoms with E-state index in [-0.39, 0.29) is 5.03 Å². The smallest absolute Gasteiger partial charge is 0.326 e. The van der Waals surface area contributed by atoms with Gasteiger partial charge in [0, 0.05) is 0 Å². The number of aromatic amines is 1. The molecule has 1 atom stereocenters. The molecule has 1 rings (SSSR count). The number of ether oxygens (including phenoxy) is 1. The maximum absolute atomic E-state index is 11.6. The van der Waals surface area contributed by atoms with Crippen molar-refractivity contribution in [3.05, 3.63) is 12.3 Å². The Bertz CT molecular complexity index is 441. The molecule has 0 aliphatic rings. The number of carbonyl (C=O) groups is 1. The first-order valence-electron chi connectivity index (χ1n) is 4.21. The molecule has 0 aliphatic carbocycles. The largest absolute Gasteiger partial charge is 0.468 e. The Hall–Kier alpha value is -1.45. The molecule has 0 fully saturated rings. The minimum absolute atomic E-state index is 0.199. The van der Waals surface area contributed by atoms with Crippen LogP contribution in [0.2, 0.25) is 0 Å². The third-order valence-electron chi connectivity index (χ3n) is 1.73. The Morgan fingerprint density at radius 3 is 2.88 bits per heavy atom. The van der Waals surface area contributed by atoms with Gasteiger partial charge in [0.2, 0.25) is 0 Å². The van der Waals surface area contributed by atoms with Crippen LogP contribution < -0.4 is 4.72 Å². The van der Waals surface area contributed by atoms with Crippen LogP contribution in [0.3, 0.4) is 0 Å². The van der Waals surface area contributed by atoms with E-state index >= 15 is 0 Å². The van der Waals surface area contributed by atoms with Crippen LogP contribution in [-0.2, 0) is 19.6 Å². The van der Waals surface area contributed by atoms with Crippen molar-refractivity contribution in [3.8, 4) is 0 Å². The van der Waals surface area contributed by atoms with E-state index in [4.69, 9.17) is 5.11 Å². The number of nitrogens with zero attached hydrogens (tertiary/aromatic N) is 1. The number of aliphatic hydroxyl groups is 1. The van der Waals surface area contributed by atoms with Gasteiger partial charge in [0.15, 0.2) is 5.03 Å². The van der Waals surface area contributed by atoms with Gasteiger partial charge in [0.25, 0.3) is 10.0 Å². The number of carbonyl (C=O) groups excluding carboxylic acids is 1.